The number of carboxylic acid groups (broad SMARTS) is 1. The minimum Gasteiger partial charge on any atom is -0.481 e. The van der Waals surface area contributed by atoms with E-state index in [1.807, 2.05) is 0 Å². The summed E-state index contributed by atoms with van der Waals surface area (Å²) in [7, 11) is 0. The molecule has 0 aliphatic carbocycles. The Morgan fingerprint density at radius 2 is 2.36 bits per heavy atom. The molecule has 1 N–H and O–H groups in total. The maximum Gasteiger partial charge on any atom is 0.306 e. The quantitative estimate of drug-likeness (QED) is 0.805. The van der Waals surface area contributed by atoms with E-state index in [0.717, 1.165) is 0 Å². The predicted octanol–water partition coefficient (Wildman–Crippen LogP) is 1.72. The van der Waals surface area contributed by atoms with Crippen molar-refractivity contribution >= 4 is 5.97 Å². The van der Waals surface area contributed by atoms with E-state index in [4.69, 9.17) is 9.52 Å². The molecule has 1 heterocycles. The molecule has 1 atom stereocenters. The third-order valence-corrected chi connectivity index (χ3v) is 1.96. The lowest BCUT2D eigenvalue weighted by Gasteiger charge is -2.00. The van der Waals surface area contributed by atoms with Gasteiger partial charge in [0.25, 0.3) is 0 Å². The lowest BCUT2D eigenvalue weighted by Crippen LogP contribution is -2.12. The molecule has 0 fully saturated rings. The van der Waals surface area contributed by atoms with Crippen molar-refractivity contribution in [2.45, 2.75) is 26.9 Å². The van der Waals surface area contributed by atoms with E-state index >= 15 is 0 Å². The van der Waals surface area contributed by atoms with Gasteiger partial charge in [-0.15, -0.1) is 0 Å². The van der Waals surface area contributed by atoms with Crippen molar-refractivity contribution in [2.75, 3.05) is 0 Å². The first-order chi connectivity index (χ1) is 6.54. The lowest BCUT2D eigenvalue weighted by atomic mass is 10.1. The highest BCUT2D eigenvalue weighted by Gasteiger charge is 2.16. The Labute approximate surface area is 80.8 Å². The normalized spacial score (nSPS) is 12.8. The molecule has 0 aliphatic rings. The van der Waals surface area contributed by atoms with Gasteiger partial charge in [-0.05, 0) is 6.92 Å². The van der Waals surface area contributed by atoms with E-state index < -0.39 is 18.6 Å². The summed E-state index contributed by atoms with van der Waals surface area (Å²) in [6.45, 7) is 2.48. The molecule has 0 radical (unpaired) electrons. The minimum atomic E-state index is -0.914. The van der Waals surface area contributed by atoms with Gasteiger partial charge in [-0.25, -0.2) is 9.37 Å². The minimum absolute atomic E-state index is 0.178. The third-order valence-electron chi connectivity index (χ3n) is 1.96. The summed E-state index contributed by atoms with van der Waals surface area (Å²) in [5.41, 5.74) is 0.486. The summed E-state index contributed by atoms with van der Waals surface area (Å²) in [6, 6.07) is 0. The van der Waals surface area contributed by atoms with E-state index in [1.54, 1.807) is 13.8 Å². The van der Waals surface area contributed by atoms with Crippen molar-refractivity contribution in [2.24, 2.45) is 5.92 Å². The van der Waals surface area contributed by atoms with Gasteiger partial charge in [0.1, 0.15) is 6.67 Å². The molecule has 0 bridgehead atoms. The molecule has 0 saturated carbocycles. The number of carbonyl (C=O) groups is 1. The van der Waals surface area contributed by atoms with Crippen LogP contribution in [0.5, 0.6) is 0 Å². The third kappa shape index (κ3) is 2.31. The van der Waals surface area contributed by atoms with Crippen molar-refractivity contribution in [1.82, 2.24) is 4.98 Å². The van der Waals surface area contributed by atoms with Gasteiger partial charge in [0, 0.05) is 6.42 Å². The average Bonchev–Trinajstić information content (AvgIpc) is 2.45. The molecule has 4 nitrogen and oxygen atoms in total. The van der Waals surface area contributed by atoms with Crippen molar-refractivity contribution < 1.29 is 18.7 Å². The van der Waals surface area contributed by atoms with Crippen LogP contribution in [0.1, 0.15) is 24.3 Å². The Hall–Kier alpha value is -1.39. The summed E-state index contributed by atoms with van der Waals surface area (Å²) in [5, 5.41) is 8.63. The average molecular weight is 201 g/mol. The number of aromatic nitrogens is 1. The van der Waals surface area contributed by atoms with Crippen molar-refractivity contribution in [1.29, 1.82) is 0 Å². The number of hydrogen-bond acceptors (Lipinski definition) is 3. The number of oxazole rings is 1. The van der Waals surface area contributed by atoms with E-state index in [-0.39, 0.29) is 18.1 Å². The molecule has 1 aromatic heterocycles. The number of halogens is 1. The molecule has 0 aliphatic heterocycles. The second kappa shape index (κ2) is 4.21. The fourth-order valence-electron chi connectivity index (χ4n) is 1.05. The standard InChI is InChI=1S/C9H12FNO3/c1-5(9(12)13)3-8-11-6(2)7(4-10)14-8/h5H,3-4H2,1-2H3,(H,12,13). The molecule has 0 spiro atoms. The van der Waals surface area contributed by atoms with Gasteiger partial charge >= 0.3 is 5.97 Å². The molecule has 0 amide bonds. The van der Waals surface area contributed by atoms with Crippen LogP contribution in [0.25, 0.3) is 0 Å². The van der Waals surface area contributed by atoms with Crippen molar-refractivity contribution in [3.63, 3.8) is 0 Å². The van der Waals surface area contributed by atoms with Gasteiger partial charge in [-0.2, -0.15) is 0 Å². The van der Waals surface area contributed by atoms with Crippen LogP contribution >= 0.6 is 0 Å². The second-order valence-corrected chi connectivity index (χ2v) is 3.19. The molecule has 1 unspecified atom stereocenters. The Morgan fingerprint density at radius 1 is 1.71 bits per heavy atom. The van der Waals surface area contributed by atoms with Gasteiger partial charge < -0.3 is 9.52 Å². The topological polar surface area (TPSA) is 63.3 Å². The highest BCUT2D eigenvalue weighted by molar-refractivity contribution is 5.69. The highest BCUT2D eigenvalue weighted by Crippen LogP contribution is 2.14. The van der Waals surface area contributed by atoms with Gasteiger partial charge in [0.15, 0.2) is 11.7 Å². The van der Waals surface area contributed by atoms with E-state index in [1.165, 1.54) is 0 Å². The smallest absolute Gasteiger partial charge is 0.306 e. The molecule has 1 aromatic rings. The number of aryl methyl sites for hydroxylation is 1. The van der Waals surface area contributed by atoms with Crippen molar-refractivity contribution in [3.05, 3.63) is 17.3 Å². The first kappa shape index (κ1) is 10.7. The monoisotopic (exact) mass is 201 g/mol. The van der Waals surface area contributed by atoms with Crippen LogP contribution in [0.2, 0.25) is 0 Å². The summed E-state index contributed by atoms with van der Waals surface area (Å²) in [6.07, 6.45) is 0.191. The highest BCUT2D eigenvalue weighted by atomic mass is 19.1. The van der Waals surface area contributed by atoms with Crippen LogP contribution in [0.4, 0.5) is 4.39 Å². The Kier molecular flexibility index (Phi) is 3.22. The molecule has 78 valence electrons. The Bertz CT molecular complexity index is 335. The van der Waals surface area contributed by atoms with E-state index in [2.05, 4.69) is 4.98 Å². The van der Waals surface area contributed by atoms with Gasteiger partial charge in [0.05, 0.1) is 11.6 Å². The zero-order valence-corrected chi connectivity index (χ0v) is 8.08. The maximum absolute atomic E-state index is 12.2. The van der Waals surface area contributed by atoms with Crippen molar-refractivity contribution in [3.8, 4) is 0 Å². The van der Waals surface area contributed by atoms with Gasteiger partial charge in [0.2, 0.25) is 0 Å². The second-order valence-electron chi connectivity index (χ2n) is 3.19. The lowest BCUT2D eigenvalue weighted by molar-refractivity contribution is -0.141. The number of hydrogen-bond donors (Lipinski definition) is 1. The molecule has 0 aromatic carbocycles. The van der Waals surface area contributed by atoms with Crippen LogP contribution in [0, 0.1) is 12.8 Å². The Balaban J connectivity index is 2.72. The zero-order chi connectivity index (χ0) is 10.7. The maximum atomic E-state index is 12.2. The van der Waals surface area contributed by atoms with Crippen LogP contribution in [-0.2, 0) is 17.9 Å². The van der Waals surface area contributed by atoms with Gasteiger partial charge in [-0.1, -0.05) is 6.92 Å². The van der Waals surface area contributed by atoms with Gasteiger partial charge in [-0.3, -0.25) is 4.79 Å². The zero-order valence-electron chi connectivity index (χ0n) is 8.08. The SMILES string of the molecule is Cc1nc(CC(C)C(=O)O)oc1CF. The Morgan fingerprint density at radius 3 is 2.79 bits per heavy atom. The summed E-state index contributed by atoms with van der Waals surface area (Å²) in [5.74, 6) is -1.02. The predicted molar refractivity (Wildman–Crippen MR) is 46.6 cm³/mol. The molecule has 14 heavy (non-hydrogen) atoms. The van der Waals surface area contributed by atoms with E-state index in [0.29, 0.717) is 5.69 Å². The summed E-state index contributed by atoms with van der Waals surface area (Å²) < 4.78 is 17.3. The fourth-order valence-corrected chi connectivity index (χ4v) is 1.05. The summed E-state index contributed by atoms with van der Waals surface area (Å²) >= 11 is 0. The number of alkyl halides is 1. The fraction of sp³-hybridized carbons (Fsp3) is 0.556. The van der Waals surface area contributed by atoms with Crippen LogP contribution < -0.4 is 0 Å². The first-order valence-corrected chi connectivity index (χ1v) is 4.28. The van der Waals surface area contributed by atoms with Crippen LogP contribution in [-0.4, -0.2) is 16.1 Å². The van der Waals surface area contributed by atoms with Crippen LogP contribution in [0.3, 0.4) is 0 Å². The number of nitrogens with zero attached hydrogens (tertiary/aromatic N) is 1. The first-order valence-electron chi connectivity index (χ1n) is 4.28. The molecule has 0 saturated heterocycles. The van der Waals surface area contributed by atoms with E-state index in [9.17, 15) is 9.18 Å². The largest absolute Gasteiger partial charge is 0.481 e. The molecule has 1 rings (SSSR count). The number of rotatable bonds is 4. The molecule has 5 heteroatoms. The summed E-state index contributed by atoms with van der Waals surface area (Å²) in [4.78, 5) is 14.5. The number of carboxylic acids is 1. The molecular formula is C9H12FNO3. The molecular weight excluding hydrogens is 189 g/mol. The van der Waals surface area contributed by atoms with Crippen LogP contribution in [0.15, 0.2) is 4.42 Å². The number of aliphatic carboxylic acids is 1.